The molecule has 11 aromatic rings. The number of rotatable bonds is 9. The Morgan fingerprint density at radius 2 is 1.17 bits per heavy atom. The van der Waals surface area contributed by atoms with E-state index < -0.39 is 78.6 Å². The van der Waals surface area contributed by atoms with Crippen LogP contribution in [0, 0.1) is 11.7 Å². The van der Waals surface area contributed by atoms with E-state index in [0.29, 0.717) is 46.0 Å². The van der Waals surface area contributed by atoms with E-state index in [2.05, 4.69) is 27.1 Å². The first-order chi connectivity index (χ1) is 37.6. The molecule has 3 heterocycles. The van der Waals surface area contributed by atoms with Crippen molar-refractivity contribution in [1.82, 2.24) is 14.1 Å². The molecule has 0 N–H and O–H groups in total. The molecule has 0 saturated carbocycles. The van der Waals surface area contributed by atoms with Crippen molar-refractivity contribution in [3.8, 4) is 62.1 Å². The van der Waals surface area contributed by atoms with E-state index in [1.54, 1.807) is 51.7 Å². The minimum absolute atomic E-state index is 0.0843. The number of pyridine rings is 1. The van der Waals surface area contributed by atoms with Crippen molar-refractivity contribution in [3.63, 3.8) is 0 Å². The minimum Gasteiger partial charge on any atom is -0.458 e. The van der Waals surface area contributed by atoms with Crippen LogP contribution < -0.4 is 9.30 Å². The first-order valence-electron chi connectivity index (χ1n) is 28.2. The molecule has 0 radical (unpaired) electrons. The minimum atomic E-state index is -0.591. The van der Waals surface area contributed by atoms with Crippen molar-refractivity contribution in [2.24, 2.45) is 5.41 Å². The fourth-order valence-corrected chi connectivity index (χ4v) is 8.39. The summed E-state index contributed by atoms with van der Waals surface area (Å²) in [5.41, 5.74) is 4.40. The predicted octanol–water partition coefficient (Wildman–Crippen LogP) is 14.6. The standard InChI is InChI=1S/C59H46N4O/c1-59(2,3)38-44-35-57(60-39-52(44)43-23-11-6-12-24-43)63-53-30-14-13-27-50(53)51-34-33-47(37-56(51)63)64-46-26-17-25-45(36-46)61-40-62(55-32-16-15-31-54(55)61)58-48(41-19-7-4-8-20-41)28-18-29-49(58)42-21-9-5-10-22-42/h4-37,39H,38H2,1-3H3/i4D,5D,6D,7D,8D,9D,10D,11D,12D,19D,20D,21D,22D,23D,24D. The second kappa shape index (κ2) is 16.0. The molecule has 0 aliphatic rings. The number of para-hydroxylation sites is 4. The first kappa shape index (κ1) is 25.8. The molecular formula is C59H46N4O. The third-order valence-corrected chi connectivity index (χ3v) is 11.0. The molecule has 5 nitrogen and oxygen atoms in total. The van der Waals surface area contributed by atoms with E-state index in [1.807, 2.05) is 83.4 Å². The van der Waals surface area contributed by atoms with E-state index in [4.69, 9.17) is 30.3 Å². The molecule has 0 unspecified atom stereocenters. The largest absolute Gasteiger partial charge is 0.458 e. The summed E-state index contributed by atoms with van der Waals surface area (Å²) < 4.78 is 142. The Labute approximate surface area is 394 Å². The molecule has 0 bridgehead atoms. The summed E-state index contributed by atoms with van der Waals surface area (Å²) in [4.78, 5) is 4.94. The van der Waals surface area contributed by atoms with Crippen molar-refractivity contribution >= 4 is 32.8 Å². The number of aromatic nitrogens is 4. The van der Waals surface area contributed by atoms with E-state index in [-0.39, 0.29) is 51.0 Å². The molecule has 64 heavy (non-hydrogen) atoms. The van der Waals surface area contributed by atoms with Crippen molar-refractivity contribution in [2.45, 2.75) is 27.2 Å². The van der Waals surface area contributed by atoms with Gasteiger partial charge in [-0.05, 0) is 87.7 Å². The highest BCUT2D eigenvalue weighted by Crippen LogP contribution is 2.38. The summed E-state index contributed by atoms with van der Waals surface area (Å²) in [5, 5.41) is 1.86. The summed E-state index contributed by atoms with van der Waals surface area (Å²) in [7, 11) is 0. The van der Waals surface area contributed by atoms with Crippen molar-refractivity contribution in [3.05, 3.63) is 224 Å². The smallest absolute Gasteiger partial charge is 0.269 e. The van der Waals surface area contributed by atoms with E-state index in [9.17, 15) is 0 Å². The predicted molar refractivity (Wildman–Crippen MR) is 262 cm³/mol. The molecular weight excluding hydrogens is 781 g/mol. The number of fused-ring (bicyclic) bond motifs is 4. The van der Waals surface area contributed by atoms with Gasteiger partial charge in [-0.2, -0.15) is 0 Å². The maximum absolute atomic E-state index is 9.04. The number of imidazole rings is 1. The zero-order valence-corrected chi connectivity index (χ0v) is 35.0. The van der Waals surface area contributed by atoms with Gasteiger partial charge < -0.3 is 4.74 Å². The van der Waals surface area contributed by atoms with Crippen LogP contribution in [-0.2, 0) is 6.42 Å². The zero-order chi connectivity index (χ0) is 56.3. The highest BCUT2D eigenvalue weighted by molar-refractivity contribution is 6.09. The lowest BCUT2D eigenvalue weighted by Crippen LogP contribution is -2.31. The number of hydrogen-bond acceptors (Lipinski definition) is 2. The third kappa shape index (κ3) is 7.21. The monoisotopic (exact) mass is 841 g/mol. The fraction of sp³-hybridized carbons (Fsp3) is 0.0847. The second-order valence-electron chi connectivity index (χ2n) is 16.5. The van der Waals surface area contributed by atoms with Crippen molar-refractivity contribution in [1.29, 1.82) is 0 Å². The number of nitrogens with zero attached hydrogens (tertiary/aromatic N) is 4. The van der Waals surface area contributed by atoms with Crippen LogP contribution in [-0.4, -0.2) is 14.1 Å². The number of hydrogen-bond donors (Lipinski definition) is 0. The molecule has 0 atom stereocenters. The maximum Gasteiger partial charge on any atom is 0.269 e. The van der Waals surface area contributed by atoms with Crippen LogP contribution in [0.25, 0.3) is 83.4 Å². The molecule has 0 amide bonds. The molecule has 0 aliphatic heterocycles. The number of benzene rings is 8. The normalized spacial score (nSPS) is 15.0. The van der Waals surface area contributed by atoms with Crippen LogP contribution in [0.15, 0.2) is 212 Å². The second-order valence-corrected chi connectivity index (χ2v) is 16.5. The van der Waals surface area contributed by atoms with Gasteiger partial charge in [0, 0.05) is 28.6 Å². The molecule has 11 rings (SSSR count). The molecule has 0 saturated heterocycles. The van der Waals surface area contributed by atoms with Gasteiger partial charge in [-0.15, -0.1) is 0 Å². The molecule has 8 aromatic carbocycles. The van der Waals surface area contributed by atoms with Gasteiger partial charge in [-0.25, -0.2) is 4.98 Å². The Morgan fingerprint density at radius 3 is 1.86 bits per heavy atom. The highest BCUT2D eigenvalue weighted by Gasteiger charge is 2.22. The lowest BCUT2D eigenvalue weighted by molar-refractivity contribution is -0.571. The molecule has 5 heteroatoms. The van der Waals surface area contributed by atoms with Gasteiger partial charge in [0.15, 0.2) is 0 Å². The van der Waals surface area contributed by atoms with E-state index >= 15 is 0 Å². The van der Waals surface area contributed by atoms with Gasteiger partial charge in [0.05, 0.1) is 54.0 Å². The maximum atomic E-state index is 9.04. The van der Waals surface area contributed by atoms with Crippen LogP contribution in [0.3, 0.4) is 0 Å². The van der Waals surface area contributed by atoms with E-state index in [1.165, 1.54) is 0 Å². The van der Waals surface area contributed by atoms with Crippen LogP contribution >= 0.6 is 0 Å². The summed E-state index contributed by atoms with van der Waals surface area (Å²) >= 11 is 0. The lowest BCUT2D eigenvalue weighted by atomic mass is 9.85. The van der Waals surface area contributed by atoms with E-state index in [0.717, 1.165) is 27.4 Å². The molecule has 0 fully saturated rings. The Morgan fingerprint density at radius 1 is 0.578 bits per heavy atom. The van der Waals surface area contributed by atoms with Crippen LogP contribution in [0.2, 0.25) is 0 Å². The molecule has 0 aliphatic carbocycles. The Bertz CT molecular complexity index is 4220. The fourth-order valence-electron chi connectivity index (χ4n) is 8.39. The summed E-state index contributed by atoms with van der Waals surface area (Å²) in [6.07, 6.45) is 5.51. The summed E-state index contributed by atoms with van der Waals surface area (Å²) in [6.45, 7) is 6.22. The van der Waals surface area contributed by atoms with Gasteiger partial charge in [0.1, 0.15) is 17.3 Å². The van der Waals surface area contributed by atoms with Crippen LogP contribution in [0.5, 0.6) is 11.5 Å². The zero-order valence-electron chi connectivity index (χ0n) is 50.0. The van der Waals surface area contributed by atoms with Crippen LogP contribution in [0.1, 0.15) is 46.9 Å². The quantitative estimate of drug-likeness (QED) is 0.107. The van der Waals surface area contributed by atoms with Gasteiger partial charge in [0.2, 0.25) is 0 Å². The summed E-state index contributed by atoms with van der Waals surface area (Å²) in [6, 6.07) is 27.4. The third-order valence-electron chi connectivity index (χ3n) is 11.0. The average molecular weight is 842 g/mol. The molecule has 0 spiro atoms. The molecule has 308 valence electrons. The first-order valence-corrected chi connectivity index (χ1v) is 20.7. The average Bonchev–Trinajstić information content (AvgIpc) is 4.18. The Balaban J connectivity index is 1.06. The van der Waals surface area contributed by atoms with Crippen molar-refractivity contribution in [2.75, 3.05) is 0 Å². The highest BCUT2D eigenvalue weighted by atomic mass is 16.5. The van der Waals surface area contributed by atoms with Crippen LogP contribution in [0.4, 0.5) is 0 Å². The Kier molecular flexibility index (Phi) is 6.46. The Hall–Kier alpha value is -8.02. The van der Waals surface area contributed by atoms with Gasteiger partial charge in [-0.1, -0.05) is 178 Å². The lowest BCUT2D eigenvalue weighted by Gasteiger charge is -2.21. The topological polar surface area (TPSA) is 35.9 Å². The molecule has 3 aromatic heterocycles. The van der Waals surface area contributed by atoms with Gasteiger partial charge in [-0.3, -0.25) is 13.7 Å². The van der Waals surface area contributed by atoms with Gasteiger partial charge >= 0.3 is 0 Å². The van der Waals surface area contributed by atoms with Crippen molar-refractivity contribution < 1.29 is 29.9 Å². The SMILES string of the molecule is [2H]c1c([2H])c([2H])c(-c2cnc(-n3c4ccccc4c4ccc(Oc5cccc(-n6[c-][n+](-c7c(-c8c([2H])c([2H])c([2H])c([2H])c8[2H])cccc7-c7c([2H])c([2H])c([2H])c([2H])c7[2H])c7ccccc76)c5)cc43)cc2CC(C)(C)C)c([2H])c1[2H]. The van der Waals surface area contributed by atoms with Gasteiger partial charge in [0.25, 0.3) is 6.33 Å². The number of ether oxygens (including phenoxy) is 1. The summed E-state index contributed by atoms with van der Waals surface area (Å²) in [5.74, 6) is 1.46.